The van der Waals surface area contributed by atoms with Crippen LogP contribution >= 0.6 is 0 Å². The van der Waals surface area contributed by atoms with E-state index < -0.39 is 5.41 Å². The molecule has 4 heterocycles. The molecule has 1 aromatic carbocycles. The van der Waals surface area contributed by atoms with Crippen molar-refractivity contribution in [2.75, 3.05) is 56.7 Å². The number of aryl methyl sites for hydroxylation is 1. The van der Waals surface area contributed by atoms with E-state index in [4.69, 9.17) is 9.72 Å². The lowest BCUT2D eigenvalue weighted by atomic mass is 9.67. The van der Waals surface area contributed by atoms with Gasteiger partial charge < -0.3 is 19.4 Å². The summed E-state index contributed by atoms with van der Waals surface area (Å²) >= 11 is 0. The van der Waals surface area contributed by atoms with Crippen LogP contribution in [0.2, 0.25) is 0 Å². The van der Waals surface area contributed by atoms with E-state index in [9.17, 15) is 14.4 Å². The Morgan fingerprint density at radius 3 is 2.47 bits per heavy atom. The largest absolute Gasteiger partial charge is 0.453 e. The summed E-state index contributed by atoms with van der Waals surface area (Å²) in [6, 6.07) is 3.75. The second-order valence-corrected chi connectivity index (χ2v) is 13.0. The van der Waals surface area contributed by atoms with Gasteiger partial charge >= 0.3 is 6.09 Å². The zero-order valence-electron chi connectivity index (χ0n) is 26.3. The van der Waals surface area contributed by atoms with Gasteiger partial charge in [-0.25, -0.2) is 9.18 Å². The van der Waals surface area contributed by atoms with Crippen LogP contribution in [0.15, 0.2) is 16.9 Å². The Bertz CT molecular complexity index is 1410. The SMILES string of the molecule is COC(=O)N1CCC(CCc2cc(F)c(C3(C(C)=O)CCN(c4nc5c(c(=O)[nH]4)CCCN5C)CC3)c(C(C)C)c2)CC1. The molecule has 9 nitrogen and oxygen atoms in total. The van der Waals surface area contributed by atoms with E-state index >= 15 is 4.39 Å². The van der Waals surface area contributed by atoms with Crippen molar-refractivity contribution in [3.8, 4) is 0 Å². The summed E-state index contributed by atoms with van der Waals surface area (Å²) in [4.78, 5) is 51.6. The first-order valence-corrected chi connectivity index (χ1v) is 15.8. The second-order valence-electron chi connectivity index (χ2n) is 13.0. The molecule has 2 saturated heterocycles. The van der Waals surface area contributed by atoms with Gasteiger partial charge in [-0.05, 0) is 87.3 Å². The molecule has 10 heteroatoms. The number of benzene rings is 1. The molecule has 0 spiro atoms. The van der Waals surface area contributed by atoms with Crippen molar-refractivity contribution < 1.29 is 18.7 Å². The van der Waals surface area contributed by atoms with Crippen LogP contribution in [-0.4, -0.2) is 73.6 Å². The van der Waals surface area contributed by atoms with Gasteiger partial charge in [0, 0.05) is 45.3 Å². The maximum Gasteiger partial charge on any atom is 0.409 e. The number of hydrogen-bond donors (Lipinski definition) is 1. The second kappa shape index (κ2) is 12.7. The number of likely N-dealkylation sites (tertiary alicyclic amines) is 1. The predicted octanol–water partition coefficient (Wildman–Crippen LogP) is 4.95. The molecule has 5 rings (SSSR count). The monoisotopic (exact) mass is 595 g/mol. The number of halogens is 1. The summed E-state index contributed by atoms with van der Waals surface area (Å²) in [5.41, 5.74) is 2.09. The Kier molecular flexibility index (Phi) is 9.13. The van der Waals surface area contributed by atoms with Gasteiger partial charge in [-0.15, -0.1) is 0 Å². The first kappa shape index (κ1) is 31.0. The Morgan fingerprint density at radius 2 is 1.84 bits per heavy atom. The third-order valence-corrected chi connectivity index (χ3v) is 10.0. The average molecular weight is 596 g/mol. The van der Waals surface area contributed by atoms with Crippen LogP contribution in [0.3, 0.4) is 0 Å². The quantitative estimate of drug-likeness (QED) is 0.484. The van der Waals surface area contributed by atoms with Crippen LogP contribution < -0.4 is 15.4 Å². The van der Waals surface area contributed by atoms with E-state index in [1.165, 1.54) is 7.11 Å². The van der Waals surface area contributed by atoms with Crippen LogP contribution in [0.25, 0.3) is 0 Å². The lowest BCUT2D eigenvalue weighted by molar-refractivity contribution is -0.123. The molecule has 0 aliphatic carbocycles. The Hall–Kier alpha value is -3.43. The molecule has 1 N–H and O–H groups in total. The molecule has 0 radical (unpaired) electrons. The molecule has 0 atom stereocenters. The molecule has 3 aliphatic heterocycles. The van der Waals surface area contributed by atoms with Gasteiger partial charge in [0.2, 0.25) is 5.95 Å². The molecule has 3 aliphatic rings. The number of nitrogens with one attached hydrogen (secondary N) is 1. The van der Waals surface area contributed by atoms with E-state index in [2.05, 4.69) is 24.9 Å². The van der Waals surface area contributed by atoms with Crippen molar-refractivity contribution in [1.82, 2.24) is 14.9 Å². The number of rotatable bonds is 7. The maximum atomic E-state index is 16.2. The highest BCUT2D eigenvalue weighted by Gasteiger charge is 2.44. The van der Waals surface area contributed by atoms with Crippen LogP contribution in [0.5, 0.6) is 0 Å². The third-order valence-electron chi connectivity index (χ3n) is 10.0. The van der Waals surface area contributed by atoms with E-state index in [-0.39, 0.29) is 29.2 Å². The van der Waals surface area contributed by atoms with E-state index in [1.54, 1.807) is 17.9 Å². The molecular weight excluding hydrogens is 549 g/mol. The fourth-order valence-corrected chi connectivity index (χ4v) is 7.34. The number of ether oxygens (including phenoxy) is 1. The number of aromatic nitrogens is 2. The van der Waals surface area contributed by atoms with E-state index in [0.717, 1.165) is 67.6 Å². The summed E-state index contributed by atoms with van der Waals surface area (Å²) in [6.07, 6.45) is 5.79. The van der Waals surface area contributed by atoms with Crippen LogP contribution in [-0.2, 0) is 27.8 Å². The highest BCUT2D eigenvalue weighted by atomic mass is 19.1. The lowest BCUT2D eigenvalue weighted by Gasteiger charge is -2.42. The van der Waals surface area contributed by atoms with Gasteiger partial charge in [0.25, 0.3) is 5.56 Å². The number of anilines is 2. The fraction of sp³-hybridized carbons (Fsp3) is 0.636. The zero-order valence-corrected chi connectivity index (χ0v) is 26.3. The fourth-order valence-electron chi connectivity index (χ4n) is 7.34. The van der Waals surface area contributed by atoms with Crippen molar-refractivity contribution in [1.29, 1.82) is 0 Å². The lowest BCUT2D eigenvalue weighted by Crippen LogP contribution is -2.48. The summed E-state index contributed by atoms with van der Waals surface area (Å²) in [7, 11) is 3.37. The minimum atomic E-state index is -0.926. The first-order valence-electron chi connectivity index (χ1n) is 15.8. The van der Waals surface area contributed by atoms with Gasteiger partial charge in [0.15, 0.2) is 0 Å². The summed E-state index contributed by atoms with van der Waals surface area (Å²) < 4.78 is 21.1. The molecule has 0 saturated carbocycles. The van der Waals surface area contributed by atoms with Gasteiger partial charge in [0.05, 0.1) is 18.1 Å². The number of carbonyl (C=O) groups is 2. The van der Waals surface area contributed by atoms with Crippen LogP contribution in [0.1, 0.15) is 87.5 Å². The van der Waals surface area contributed by atoms with Crippen molar-refractivity contribution in [2.45, 2.75) is 83.5 Å². The van der Waals surface area contributed by atoms with Crippen LogP contribution in [0.4, 0.5) is 21.0 Å². The standard InChI is InChI=1S/C33H46FN5O4/c1-21(2)26-19-24(9-8-23-10-15-39(16-11-23)32(42)43-5)20-27(34)28(26)33(22(3)40)12-17-38(18-13-33)31-35-29-25(30(41)36-31)7-6-14-37(29)4/h19-21,23H,6-18H2,1-5H3,(H,35,36,41). The number of hydrogen-bond acceptors (Lipinski definition) is 7. The average Bonchev–Trinajstić information content (AvgIpc) is 3.00. The number of carbonyl (C=O) groups excluding carboxylic acids is 2. The minimum absolute atomic E-state index is 0.0234. The highest BCUT2D eigenvalue weighted by Crippen LogP contribution is 2.43. The minimum Gasteiger partial charge on any atom is -0.453 e. The number of ketones is 1. The smallest absolute Gasteiger partial charge is 0.409 e. The van der Waals surface area contributed by atoms with Gasteiger partial charge in [-0.3, -0.25) is 14.6 Å². The number of methoxy groups -OCH3 is 1. The molecule has 234 valence electrons. The molecule has 2 fully saturated rings. The first-order chi connectivity index (χ1) is 20.5. The molecule has 1 aromatic heterocycles. The van der Waals surface area contributed by atoms with Crippen molar-refractivity contribution in [2.24, 2.45) is 5.92 Å². The number of nitrogens with zero attached hydrogens (tertiary/aromatic N) is 4. The maximum absolute atomic E-state index is 16.2. The molecule has 43 heavy (non-hydrogen) atoms. The van der Waals surface area contributed by atoms with Crippen molar-refractivity contribution in [3.05, 3.63) is 50.6 Å². The zero-order chi connectivity index (χ0) is 30.9. The third kappa shape index (κ3) is 6.15. The Balaban J connectivity index is 1.34. The summed E-state index contributed by atoms with van der Waals surface area (Å²) in [6.45, 7) is 8.93. The molecule has 1 amide bonds. The van der Waals surface area contributed by atoms with E-state index in [1.807, 2.05) is 16.8 Å². The summed E-state index contributed by atoms with van der Waals surface area (Å²) in [5.74, 6) is 1.45. The molecule has 2 aromatic rings. The number of Topliss-reactive ketones (excluding diaryl/α,β-unsaturated/α-hetero) is 1. The Labute approximate surface area is 253 Å². The number of aromatic amines is 1. The van der Waals surface area contributed by atoms with Crippen molar-refractivity contribution in [3.63, 3.8) is 0 Å². The molecule has 0 unspecified atom stereocenters. The Morgan fingerprint density at radius 1 is 1.14 bits per heavy atom. The van der Waals surface area contributed by atoms with Crippen LogP contribution in [0, 0.1) is 11.7 Å². The normalized spacial score (nSPS) is 19.0. The topological polar surface area (TPSA) is 98.8 Å². The number of H-pyrrole nitrogens is 1. The predicted molar refractivity (Wildman–Crippen MR) is 166 cm³/mol. The van der Waals surface area contributed by atoms with E-state index in [0.29, 0.717) is 56.5 Å². The summed E-state index contributed by atoms with van der Waals surface area (Å²) in [5, 5.41) is 0. The van der Waals surface area contributed by atoms with Gasteiger partial charge in [0.1, 0.15) is 17.4 Å². The number of piperidine rings is 2. The molecule has 0 bridgehead atoms. The highest BCUT2D eigenvalue weighted by molar-refractivity contribution is 5.89. The molecular formula is C33H46FN5O4. The number of fused-ring (bicyclic) bond motifs is 1. The van der Waals surface area contributed by atoms with Gasteiger partial charge in [-0.1, -0.05) is 19.9 Å². The number of amides is 1. The van der Waals surface area contributed by atoms with Crippen molar-refractivity contribution >= 4 is 23.6 Å². The van der Waals surface area contributed by atoms with Gasteiger partial charge in [-0.2, -0.15) is 4.98 Å².